The van der Waals surface area contributed by atoms with Crippen molar-refractivity contribution in [3.63, 3.8) is 0 Å². The van der Waals surface area contributed by atoms with Crippen molar-refractivity contribution in [2.45, 2.75) is 18.5 Å². The average molecular weight is 249 g/mol. The fraction of sp³-hybridized carbons (Fsp3) is 0.625. The van der Waals surface area contributed by atoms with Crippen LogP contribution in [-0.2, 0) is 16.4 Å². The standard InChI is InChI=1S/C8H15N3O2S2/c1-3-15(12,13)5-4-11-7(9)6-8(10-11)14-2/h6H,3-5,9H2,1-2H3. The fourth-order valence-corrected chi connectivity index (χ4v) is 2.21. The molecule has 0 fully saturated rings. The van der Waals surface area contributed by atoms with Gasteiger partial charge in [0.2, 0.25) is 0 Å². The number of rotatable bonds is 5. The molecule has 1 rings (SSSR count). The normalized spacial score (nSPS) is 11.9. The van der Waals surface area contributed by atoms with Gasteiger partial charge in [0.25, 0.3) is 0 Å². The Bertz CT molecular complexity index is 425. The molecule has 0 aromatic carbocycles. The average Bonchev–Trinajstić information content (AvgIpc) is 2.57. The van der Waals surface area contributed by atoms with E-state index >= 15 is 0 Å². The molecule has 0 aliphatic rings. The summed E-state index contributed by atoms with van der Waals surface area (Å²) in [7, 11) is -2.96. The summed E-state index contributed by atoms with van der Waals surface area (Å²) in [5, 5.41) is 4.96. The summed E-state index contributed by atoms with van der Waals surface area (Å²) in [4.78, 5) is 0. The highest BCUT2D eigenvalue weighted by Gasteiger charge is 2.10. The summed E-state index contributed by atoms with van der Waals surface area (Å²) >= 11 is 1.48. The maximum absolute atomic E-state index is 11.3. The molecule has 0 spiro atoms. The predicted molar refractivity (Wildman–Crippen MR) is 62.7 cm³/mol. The number of thioether (sulfide) groups is 1. The molecule has 1 aromatic rings. The molecule has 86 valence electrons. The van der Waals surface area contributed by atoms with Gasteiger partial charge in [-0.15, -0.1) is 11.8 Å². The Kier molecular flexibility index (Phi) is 4.04. The zero-order chi connectivity index (χ0) is 11.5. The van der Waals surface area contributed by atoms with Gasteiger partial charge < -0.3 is 5.73 Å². The number of nitrogen functional groups attached to an aromatic ring is 1. The van der Waals surface area contributed by atoms with Crippen LogP contribution in [0.1, 0.15) is 6.92 Å². The molecule has 2 N–H and O–H groups in total. The quantitative estimate of drug-likeness (QED) is 0.774. The minimum Gasteiger partial charge on any atom is -0.384 e. The molecule has 0 aliphatic carbocycles. The molecule has 1 aromatic heterocycles. The Morgan fingerprint density at radius 1 is 1.60 bits per heavy atom. The number of aromatic nitrogens is 2. The third-order valence-electron chi connectivity index (χ3n) is 2.05. The van der Waals surface area contributed by atoms with Gasteiger partial charge in [-0.3, -0.25) is 0 Å². The maximum Gasteiger partial charge on any atom is 0.151 e. The Morgan fingerprint density at radius 2 is 2.27 bits per heavy atom. The highest BCUT2D eigenvalue weighted by atomic mass is 32.2. The van der Waals surface area contributed by atoms with Crippen molar-refractivity contribution in [2.75, 3.05) is 23.5 Å². The second-order valence-corrected chi connectivity index (χ2v) is 6.37. The van der Waals surface area contributed by atoms with Gasteiger partial charge in [0.15, 0.2) is 9.84 Å². The van der Waals surface area contributed by atoms with Crippen molar-refractivity contribution < 1.29 is 8.42 Å². The van der Waals surface area contributed by atoms with Crippen LogP contribution in [0.25, 0.3) is 0 Å². The van der Waals surface area contributed by atoms with Crippen LogP contribution in [0.15, 0.2) is 11.1 Å². The zero-order valence-corrected chi connectivity index (χ0v) is 10.4. The molecule has 1 heterocycles. The van der Waals surface area contributed by atoms with Crippen LogP contribution in [0.4, 0.5) is 5.82 Å². The molecule has 7 heteroatoms. The van der Waals surface area contributed by atoms with E-state index in [9.17, 15) is 8.42 Å². The van der Waals surface area contributed by atoms with Crippen LogP contribution in [0.2, 0.25) is 0 Å². The smallest absolute Gasteiger partial charge is 0.151 e. The lowest BCUT2D eigenvalue weighted by Gasteiger charge is -2.03. The van der Waals surface area contributed by atoms with E-state index in [1.54, 1.807) is 13.0 Å². The van der Waals surface area contributed by atoms with Crippen molar-refractivity contribution in [1.29, 1.82) is 0 Å². The van der Waals surface area contributed by atoms with E-state index in [2.05, 4.69) is 5.10 Å². The van der Waals surface area contributed by atoms with Crippen molar-refractivity contribution in [1.82, 2.24) is 9.78 Å². The maximum atomic E-state index is 11.3. The molecule has 0 saturated carbocycles. The largest absolute Gasteiger partial charge is 0.384 e. The van der Waals surface area contributed by atoms with E-state index in [1.807, 2.05) is 6.26 Å². The van der Waals surface area contributed by atoms with E-state index in [1.165, 1.54) is 16.4 Å². The molecule has 0 bridgehead atoms. The van der Waals surface area contributed by atoms with Gasteiger partial charge in [-0.1, -0.05) is 6.92 Å². The number of anilines is 1. The van der Waals surface area contributed by atoms with Crippen LogP contribution in [-0.4, -0.2) is 36.0 Å². The Balaban J connectivity index is 2.69. The lowest BCUT2D eigenvalue weighted by atomic mass is 10.6. The third-order valence-corrected chi connectivity index (χ3v) is 4.35. The van der Waals surface area contributed by atoms with E-state index < -0.39 is 9.84 Å². The van der Waals surface area contributed by atoms with Crippen molar-refractivity contribution in [3.05, 3.63) is 6.07 Å². The minimum absolute atomic E-state index is 0.0865. The van der Waals surface area contributed by atoms with Crippen molar-refractivity contribution in [3.8, 4) is 0 Å². The first-order valence-corrected chi connectivity index (χ1v) is 7.61. The monoisotopic (exact) mass is 249 g/mol. The highest BCUT2D eigenvalue weighted by molar-refractivity contribution is 7.98. The molecular formula is C8H15N3O2S2. The summed E-state index contributed by atoms with van der Waals surface area (Å²) in [6.45, 7) is 1.96. The SMILES string of the molecule is CCS(=O)(=O)CCn1nc(SC)cc1N. The topological polar surface area (TPSA) is 78.0 Å². The molecular weight excluding hydrogens is 234 g/mol. The zero-order valence-electron chi connectivity index (χ0n) is 8.80. The Labute approximate surface area is 94.0 Å². The van der Waals surface area contributed by atoms with E-state index in [0.29, 0.717) is 12.4 Å². The van der Waals surface area contributed by atoms with Gasteiger partial charge in [0.1, 0.15) is 10.8 Å². The number of nitrogens with zero attached hydrogens (tertiary/aromatic N) is 2. The van der Waals surface area contributed by atoms with Crippen LogP contribution in [0.5, 0.6) is 0 Å². The molecule has 15 heavy (non-hydrogen) atoms. The van der Waals surface area contributed by atoms with E-state index in [-0.39, 0.29) is 11.5 Å². The Hall–Kier alpha value is -0.690. The summed E-state index contributed by atoms with van der Waals surface area (Å²) in [5.41, 5.74) is 5.68. The molecule has 0 unspecified atom stereocenters. The van der Waals surface area contributed by atoms with Gasteiger partial charge in [-0.2, -0.15) is 5.10 Å². The number of aryl methyl sites for hydroxylation is 1. The van der Waals surface area contributed by atoms with Gasteiger partial charge >= 0.3 is 0 Å². The van der Waals surface area contributed by atoms with Crippen LogP contribution in [0, 0.1) is 0 Å². The second kappa shape index (κ2) is 4.89. The molecule has 0 aliphatic heterocycles. The number of hydrogen-bond donors (Lipinski definition) is 1. The van der Waals surface area contributed by atoms with Crippen LogP contribution < -0.4 is 5.73 Å². The fourth-order valence-electron chi connectivity index (χ4n) is 1.06. The van der Waals surface area contributed by atoms with Crippen LogP contribution >= 0.6 is 11.8 Å². The van der Waals surface area contributed by atoms with E-state index in [4.69, 9.17) is 5.73 Å². The lowest BCUT2D eigenvalue weighted by Crippen LogP contribution is -2.16. The van der Waals surface area contributed by atoms with Gasteiger partial charge in [0.05, 0.1) is 12.3 Å². The van der Waals surface area contributed by atoms with Gasteiger partial charge in [0, 0.05) is 11.8 Å². The summed E-state index contributed by atoms with van der Waals surface area (Å²) in [6.07, 6.45) is 1.90. The molecule has 5 nitrogen and oxygen atoms in total. The highest BCUT2D eigenvalue weighted by Crippen LogP contribution is 2.15. The molecule has 0 atom stereocenters. The van der Waals surface area contributed by atoms with Gasteiger partial charge in [-0.25, -0.2) is 13.1 Å². The van der Waals surface area contributed by atoms with Crippen LogP contribution in [0.3, 0.4) is 0 Å². The van der Waals surface area contributed by atoms with Crippen molar-refractivity contribution in [2.24, 2.45) is 0 Å². The first-order chi connectivity index (χ1) is 6.98. The Morgan fingerprint density at radius 3 is 2.73 bits per heavy atom. The molecule has 0 radical (unpaired) electrons. The summed E-state index contributed by atoms with van der Waals surface area (Å²) < 4.78 is 24.1. The first-order valence-electron chi connectivity index (χ1n) is 4.56. The third kappa shape index (κ3) is 3.42. The molecule has 0 amide bonds. The minimum atomic E-state index is -2.96. The number of sulfone groups is 1. The second-order valence-electron chi connectivity index (χ2n) is 3.07. The van der Waals surface area contributed by atoms with Gasteiger partial charge in [-0.05, 0) is 6.26 Å². The number of nitrogens with two attached hydrogens (primary N) is 1. The number of hydrogen-bond acceptors (Lipinski definition) is 5. The summed E-state index contributed by atoms with van der Waals surface area (Å²) in [5.74, 6) is 0.748. The van der Waals surface area contributed by atoms with Crippen molar-refractivity contribution >= 4 is 27.4 Å². The summed E-state index contributed by atoms with van der Waals surface area (Å²) in [6, 6.07) is 1.74. The predicted octanol–water partition coefficient (Wildman–Crippen LogP) is 0.622. The lowest BCUT2D eigenvalue weighted by molar-refractivity contribution is 0.581. The first kappa shape index (κ1) is 12.4. The molecule has 0 saturated heterocycles. The van der Waals surface area contributed by atoms with E-state index in [0.717, 1.165) is 5.03 Å².